The third kappa shape index (κ3) is 46.9. The fourth-order valence-electron chi connectivity index (χ4n) is 14.0. The van der Waals surface area contributed by atoms with Crippen LogP contribution in [-0.2, 0) is 14.1 Å². The summed E-state index contributed by atoms with van der Waals surface area (Å²) in [5, 5.41) is 14.0. The molecule has 142 heavy (non-hydrogen) atoms. The molecule has 18 heteroatoms. The summed E-state index contributed by atoms with van der Waals surface area (Å²) < 4.78 is 31.1. The number of thiazole rings is 1. The Bertz CT molecular complexity index is 4700. The summed E-state index contributed by atoms with van der Waals surface area (Å²) in [6, 6.07) is 33.2. The predicted octanol–water partition coefficient (Wildman–Crippen LogP) is 39.1. The molecule has 796 valence electrons. The maximum Gasteiger partial charge on any atom is 0.197 e. The maximum absolute atomic E-state index is 5.63. The summed E-state index contributed by atoms with van der Waals surface area (Å²) in [6.07, 6.45) is 5.62. The van der Waals surface area contributed by atoms with E-state index >= 15 is 0 Å². The smallest absolute Gasteiger partial charge is 0.197 e. The van der Waals surface area contributed by atoms with Crippen LogP contribution in [0.25, 0.3) is 0 Å². The summed E-state index contributed by atoms with van der Waals surface area (Å²) in [6.45, 7) is 112. The number of aryl methyl sites for hydroxylation is 6. The van der Waals surface area contributed by atoms with Crippen LogP contribution in [0.3, 0.4) is 0 Å². The van der Waals surface area contributed by atoms with E-state index in [1.54, 1.807) is 0 Å². The molecule has 0 amide bonds. The number of oxazole rings is 4. The van der Waals surface area contributed by atoms with Gasteiger partial charge in [0.2, 0.25) is 0 Å². The first-order valence-corrected chi connectivity index (χ1v) is 54.6. The Morgan fingerprint density at radius 1 is 0.275 bits per heavy atom. The normalized spacial score (nSPS) is 11.4. The highest BCUT2D eigenvalue weighted by molar-refractivity contribution is 7.11. The number of rotatable bonds is 24. The molecule has 0 atom stereocenters. The van der Waals surface area contributed by atoms with Crippen molar-refractivity contribution >= 4 is 11.3 Å². The van der Waals surface area contributed by atoms with Crippen molar-refractivity contribution in [1.29, 1.82) is 0 Å². The van der Waals surface area contributed by atoms with Crippen LogP contribution >= 0.6 is 11.3 Å². The monoisotopic (exact) mass is 1970 g/mol. The van der Waals surface area contributed by atoms with Gasteiger partial charge in [0.25, 0.3) is 0 Å². The number of nitrogens with zero attached hydrogens (tertiary/aromatic N) is 12. The third-order valence-electron chi connectivity index (χ3n) is 23.7. The van der Waals surface area contributed by atoms with Crippen molar-refractivity contribution in [2.75, 3.05) is 0 Å². The Hall–Kier alpha value is -9.16. The number of hydrogen-bond acceptors (Lipinski definition) is 16. The molecule has 9 heterocycles. The molecule has 0 unspecified atom stereocenters. The first kappa shape index (κ1) is 131. The van der Waals surface area contributed by atoms with E-state index in [1.807, 2.05) is 73.3 Å². The van der Waals surface area contributed by atoms with Gasteiger partial charge in [0.05, 0.1) is 45.9 Å². The molecular weight excluding hydrogens is 1770 g/mol. The average molecular weight is 1980 g/mol. The molecule has 0 aliphatic heterocycles. The van der Waals surface area contributed by atoms with Gasteiger partial charge in [-0.3, -0.25) is 14.3 Å². The molecule has 0 bridgehead atoms. The van der Waals surface area contributed by atoms with Crippen molar-refractivity contribution in [3.8, 4) is 0 Å². The lowest BCUT2D eigenvalue weighted by molar-refractivity contribution is 0.363. The summed E-state index contributed by atoms with van der Waals surface area (Å²) in [5.74, 6) is 22.7. The van der Waals surface area contributed by atoms with Crippen LogP contribution in [-0.4, -0.2) is 59.6 Å². The van der Waals surface area contributed by atoms with Gasteiger partial charge in [0, 0.05) is 108 Å². The Balaban J connectivity index is 0.000000775. The van der Waals surface area contributed by atoms with Crippen LogP contribution in [0.4, 0.5) is 0 Å². The van der Waals surface area contributed by atoms with Crippen LogP contribution in [0.5, 0.6) is 0 Å². The zero-order valence-corrected chi connectivity index (χ0v) is 101. The summed E-state index contributed by atoms with van der Waals surface area (Å²) >= 11 is 1.86. The molecule has 9 aromatic heterocycles. The number of benzene rings is 3. The second kappa shape index (κ2) is 64.7. The topological polar surface area (TPSA) is 204 Å². The number of pyridine rings is 1. The van der Waals surface area contributed by atoms with Crippen molar-refractivity contribution < 1.29 is 22.2 Å². The lowest BCUT2D eigenvalue weighted by Gasteiger charge is -2.13. The van der Waals surface area contributed by atoms with Gasteiger partial charge in [-0.05, 0) is 161 Å². The van der Waals surface area contributed by atoms with Gasteiger partial charge in [0.15, 0.2) is 29.4 Å². The van der Waals surface area contributed by atoms with E-state index in [0.29, 0.717) is 142 Å². The van der Waals surface area contributed by atoms with Crippen molar-refractivity contribution in [2.45, 2.75) is 502 Å². The third-order valence-corrected chi connectivity index (χ3v) is 25.4. The Labute approximate surface area is 871 Å². The van der Waals surface area contributed by atoms with Gasteiger partial charge in [-0.1, -0.05) is 410 Å². The molecule has 0 saturated heterocycles. The fraction of sp³-hybridized carbons (Fsp3) is 0.629. The molecule has 3 aromatic carbocycles. The second-order valence-corrected chi connectivity index (χ2v) is 46.7. The zero-order valence-electron chi connectivity index (χ0n) is 100. The van der Waals surface area contributed by atoms with E-state index in [9.17, 15) is 0 Å². The average Bonchev–Trinajstić information content (AvgIpc) is 1.82. The maximum atomic E-state index is 5.63. The van der Waals surface area contributed by atoms with Gasteiger partial charge in [-0.25, -0.2) is 29.9 Å². The highest BCUT2D eigenvalue weighted by Crippen LogP contribution is 2.33. The van der Waals surface area contributed by atoms with Crippen molar-refractivity contribution in [1.82, 2.24) is 59.6 Å². The van der Waals surface area contributed by atoms with Gasteiger partial charge in [0.1, 0.15) is 34.6 Å². The van der Waals surface area contributed by atoms with Crippen LogP contribution in [0, 0.1) is 27.7 Å². The molecule has 12 rings (SSSR count). The van der Waals surface area contributed by atoms with Crippen molar-refractivity contribution in [3.63, 3.8) is 0 Å². The van der Waals surface area contributed by atoms with E-state index < -0.39 is 0 Å². The molecule has 0 N–H and O–H groups in total. The van der Waals surface area contributed by atoms with Crippen LogP contribution in [0.2, 0.25) is 0 Å². The summed E-state index contributed by atoms with van der Waals surface area (Å²) in [7, 11) is 3.97. The molecule has 12 aromatic rings. The van der Waals surface area contributed by atoms with Crippen LogP contribution in [0.1, 0.15) is 633 Å². The molecule has 0 aliphatic rings. The zero-order chi connectivity index (χ0) is 109. The fourth-order valence-corrected chi connectivity index (χ4v) is 15.1. The molecule has 0 fully saturated rings. The summed E-state index contributed by atoms with van der Waals surface area (Å²) in [5.41, 5.74) is 19.5. The summed E-state index contributed by atoms with van der Waals surface area (Å²) in [4.78, 5) is 32.0. The van der Waals surface area contributed by atoms with E-state index in [2.05, 4.69) is 481 Å². The van der Waals surface area contributed by atoms with E-state index in [4.69, 9.17) is 22.2 Å². The van der Waals surface area contributed by atoms with Gasteiger partial charge in [-0.2, -0.15) is 10.2 Å². The quantitative estimate of drug-likeness (QED) is 0.0552. The Morgan fingerprint density at radius 2 is 0.704 bits per heavy atom. The molecule has 0 radical (unpaired) electrons. The van der Waals surface area contributed by atoms with Gasteiger partial charge >= 0.3 is 0 Å². The molecular formula is C124H204N12O5S. The van der Waals surface area contributed by atoms with Crippen molar-refractivity contribution in [2.24, 2.45) is 14.1 Å². The van der Waals surface area contributed by atoms with Gasteiger partial charge in [-0.15, -0.1) is 11.3 Å². The minimum absolute atomic E-state index is 0.385. The molecule has 0 saturated carbocycles. The first-order valence-electron chi connectivity index (χ1n) is 53.8. The van der Waals surface area contributed by atoms with E-state index in [1.165, 1.54) is 77.2 Å². The highest BCUT2D eigenvalue weighted by Gasteiger charge is 2.21. The lowest BCUT2D eigenvalue weighted by atomic mass is 9.93. The Kier molecular flexibility index (Phi) is 59.6. The van der Waals surface area contributed by atoms with Crippen LogP contribution in [0.15, 0.2) is 132 Å². The molecule has 0 aliphatic carbocycles. The largest absolute Gasteiger partial charge is 0.445 e. The standard InChI is InChI=1S/C13H20.2C12H18.C11H17N.C10H18N2.2C10H17NO.C10H17NS.C9H17N3.3C9H15NO/c1-9(2)12-6-7-13(10(3)4)11(5)8-12;1-9(2)11-5-7-12(8-6-11)10(3)4;1-9(2)11-6-5-7-12(8-11)10(3)4;1-8(2)10-5-6-11(9(3)4)12-7-10;1-7(2)9-6-10(8(3)4)12(5)11-9;1-6(2)9-8(5)12-10(11-9)7(3)4;2*1-6(2)9-8(5)11-10(12-9)7(3)4;1-6(2)8-10-9(7(3)4)12(5)11-8;2*1-6(2)8-5-10-9(11-8)7(3)4;1-6(2)8-5-9(7(3)4)11-10-8/h6-10H,1-5H3;2*5-10H,1-4H3;5-9H,1-4H3;6-8H,1-5H3;4*6-7H,1-5H3;3*5-7H,1-4H3. The minimum atomic E-state index is 0.385. The molecule has 0 spiro atoms. The predicted molar refractivity (Wildman–Crippen MR) is 609 cm³/mol. The van der Waals surface area contributed by atoms with E-state index in [-0.39, 0.29) is 0 Å². The lowest BCUT2D eigenvalue weighted by Crippen LogP contribution is -2.00. The first-order chi connectivity index (χ1) is 65.8. The second-order valence-electron chi connectivity index (χ2n) is 45.6. The number of aromatic nitrogens is 12. The Morgan fingerprint density at radius 3 is 0.958 bits per heavy atom. The van der Waals surface area contributed by atoms with Gasteiger partial charge < -0.3 is 22.2 Å². The molecule has 17 nitrogen and oxygen atoms in total. The SMILES string of the molecule is CC(C)c1cc(C(C)C)n(C)n1.CC(C)c1cc(C(C)C)on1.CC(C)c1ccc(C(C)C)cc1.CC(C)c1ccc(C(C)C)nc1.CC(C)c1cccc(C(C)C)c1.CC(C)c1cnc(C(C)C)o1.CC(C)c1cnc(C(C)C)o1.CC(C)c1nc(C(C)C)n(C)n1.Cc1cc(C(C)C)ccc1C(C)C.Cc1nc(C(C)C)oc1C(C)C.Cc1nc(C(C)C)sc1C(C)C.Cc1oc(C(C)C)nc1C(C)C. The highest BCUT2D eigenvalue weighted by atomic mass is 32.1. The minimum Gasteiger partial charge on any atom is -0.445 e. The van der Waals surface area contributed by atoms with Crippen molar-refractivity contribution in [3.05, 3.63) is 268 Å². The number of hydrogen-bond donors (Lipinski definition) is 0. The van der Waals surface area contributed by atoms with Crippen LogP contribution < -0.4 is 0 Å². The van der Waals surface area contributed by atoms with E-state index in [0.717, 1.165) is 81.1 Å².